The molecule has 1 aromatic carbocycles. The maximum atomic E-state index is 10.9. The van der Waals surface area contributed by atoms with Crippen molar-refractivity contribution in [3.8, 4) is 0 Å². The summed E-state index contributed by atoms with van der Waals surface area (Å²) in [5.41, 5.74) is 2.15. The number of halogens is 1. The molecule has 1 aliphatic heterocycles. The monoisotopic (exact) mass is 282 g/mol. The van der Waals surface area contributed by atoms with Crippen LogP contribution < -0.4 is 5.32 Å². The standard InChI is InChI=1S/C14H19ClN2O2/c1-17(2)8-10-4-3-9(5-12(10)15)13-6-11(7-16-13)14(18)19/h3-5,11,13,16H,6-8H2,1-2H3,(H,18,19). The first-order chi connectivity index (χ1) is 8.97. The summed E-state index contributed by atoms with van der Waals surface area (Å²) in [5.74, 6) is -1.03. The third-order valence-corrected chi connectivity index (χ3v) is 3.80. The Bertz CT molecular complexity index is 477. The van der Waals surface area contributed by atoms with E-state index in [-0.39, 0.29) is 12.0 Å². The molecule has 104 valence electrons. The third kappa shape index (κ3) is 3.47. The Kier molecular flexibility index (Phi) is 4.45. The summed E-state index contributed by atoms with van der Waals surface area (Å²) in [6, 6.07) is 6.09. The largest absolute Gasteiger partial charge is 0.481 e. The third-order valence-electron chi connectivity index (χ3n) is 3.45. The number of rotatable bonds is 4. The van der Waals surface area contributed by atoms with Gasteiger partial charge in [-0.3, -0.25) is 4.79 Å². The molecule has 1 fully saturated rings. The first-order valence-electron chi connectivity index (χ1n) is 6.36. The SMILES string of the molecule is CN(C)Cc1ccc(C2CC(C(=O)O)CN2)cc1Cl. The number of carbonyl (C=O) groups is 1. The average molecular weight is 283 g/mol. The molecular formula is C14H19ClN2O2. The lowest BCUT2D eigenvalue weighted by Gasteiger charge is -2.15. The van der Waals surface area contributed by atoms with Crippen molar-refractivity contribution in [3.63, 3.8) is 0 Å². The van der Waals surface area contributed by atoms with Crippen LogP contribution in [0, 0.1) is 5.92 Å². The molecule has 1 heterocycles. The van der Waals surface area contributed by atoms with Gasteiger partial charge in [-0.25, -0.2) is 0 Å². The highest BCUT2D eigenvalue weighted by Crippen LogP contribution is 2.30. The van der Waals surface area contributed by atoms with Gasteiger partial charge in [0.05, 0.1) is 5.92 Å². The van der Waals surface area contributed by atoms with Gasteiger partial charge in [0.15, 0.2) is 0 Å². The number of hydrogen-bond donors (Lipinski definition) is 2. The maximum absolute atomic E-state index is 10.9. The molecule has 2 atom stereocenters. The molecule has 0 spiro atoms. The Morgan fingerprint density at radius 1 is 1.53 bits per heavy atom. The summed E-state index contributed by atoms with van der Waals surface area (Å²) in [4.78, 5) is 13.0. The van der Waals surface area contributed by atoms with E-state index in [0.717, 1.165) is 22.7 Å². The summed E-state index contributed by atoms with van der Waals surface area (Å²) < 4.78 is 0. The Balaban J connectivity index is 2.10. The van der Waals surface area contributed by atoms with E-state index in [9.17, 15) is 4.79 Å². The van der Waals surface area contributed by atoms with Crippen molar-refractivity contribution in [1.29, 1.82) is 0 Å². The molecule has 4 nitrogen and oxygen atoms in total. The van der Waals surface area contributed by atoms with E-state index in [1.165, 1.54) is 0 Å². The number of carboxylic acids is 1. The van der Waals surface area contributed by atoms with E-state index in [1.54, 1.807) is 0 Å². The van der Waals surface area contributed by atoms with Crippen LogP contribution in [0.2, 0.25) is 5.02 Å². The minimum atomic E-state index is -0.731. The minimum absolute atomic E-state index is 0.0898. The molecule has 0 radical (unpaired) electrons. The Morgan fingerprint density at radius 2 is 2.26 bits per heavy atom. The first kappa shape index (κ1) is 14.3. The van der Waals surface area contributed by atoms with E-state index in [0.29, 0.717) is 13.0 Å². The highest BCUT2D eigenvalue weighted by Gasteiger charge is 2.30. The van der Waals surface area contributed by atoms with Crippen molar-refractivity contribution in [2.24, 2.45) is 5.92 Å². The molecule has 5 heteroatoms. The molecule has 19 heavy (non-hydrogen) atoms. The van der Waals surface area contributed by atoms with Gasteiger partial charge in [0.2, 0.25) is 0 Å². The van der Waals surface area contributed by atoms with Crippen LogP contribution in [0.3, 0.4) is 0 Å². The van der Waals surface area contributed by atoms with Gasteiger partial charge in [0.25, 0.3) is 0 Å². The summed E-state index contributed by atoms with van der Waals surface area (Å²) >= 11 is 6.28. The van der Waals surface area contributed by atoms with Crippen molar-refractivity contribution in [3.05, 3.63) is 34.3 Å². The lowest BCUT2D eigenvalue weighted by atomic mass is 9.99. The van der Waals surface area contributed by atoms with Crippen LogP contribution in [0.25, 0.3) is 0 Å². The van der Waals surface area contributed by atoms with E-state index >= 15 is 0 Å². The minimum Gasteiger partial charge on any atom is -0.481 e. The van der Waals surface area contributed by atoms with Gasteiger partial charge in [-0.1, -0.05) is 23.7 Å². The number of nitrogens with zero attached hydrogens (tertiary/aromatic N) is 1. The smallest absolute Gasteiger partial charge is 0.307 e. The number of nitrogens with one attached hydrogen (secondary N) is 1. The van der Waals surface area contributed by atoms with Crippen molar-refractivity contribution < 1.29 is 9.90 Å². The van der Waals surface area contributed by atoms with E-state index in [2.05, 4.69) is 10.2 Å². The van der Waals surface area contributed by atoms with Crippen molar-refractivity contribution in [2.45, 2.75) is 19.0 Å². The predicted octanol–water partition coefficient (Wildman–Crippen LogP) is 2.14. The predicted molar refractivity (Wildman–Crippen MR) is 75.3 cm³/mol. The molecule has 2 N–H and O–H groups in total. The average Bonchev–Trinajstić information content (AvgIpc) is 2.80. The number of aliphatic carboxylic acids is 1. The van der Waals surface area contributed by atoms with E-state index < -0.39 is 5.97 Å². The van der Waals surface area contributed by atoms with Gasteiger partial charge in [0, 0.05) is 24.2 Å². The number of benzene rings is 1. The second-order valence-corrected chi connectivity index (χ2v) is 5.73. The zero-order valence-electron chi connectivity index (χ0n) is 11.2. The fourth-order valence-corrected chi connectivity index (χ4v) is 2.68. The topological polar surface area (TPSA) is 52.6 Å². The van der Waals surface area contributed by atoms with Crippen molar-refractivity contribution in [1.82, 2.24) is 10.2 Å². The quantitative estimate of drug-likeness (QED) is 0.888. The zero-order chi connectivity index (χ0) is 14.0. The van der Waals surface area contributed by atoms with Crippen LogP contribution in [0.5, 0.6) is 0 Å². The van der Waals surface area contributed by atoms with Crippen molar-refractivity contribution >= 4 is 17.6 Å². The summed E-state index contributed by atoms with van der Waals surface area (Å²) in [6.45, 7) is 1.33. The lowest BCUT2D eigenvalue weighted by molar-refractivity contribution is -0.141. The van der Waals surface area contributed by atoms with Gasteiger partial charge in [-0.15, -0.1) is 0 Å². The molecule has 0 saturated carbocycles. The second kappa shape index (κ2) is 5.90. The molecule has 2 rings (SSSR count). The van der Waals surface area contributed by atoms with E-state index in [4.69, 9.17) is 16.7 Å². The highest BCUT2D eigenvalue weighted by molar-refractivity contribution is 6.31. The lowest BCUT2D eigenvalue weighted by Crippen LogP contribution is -2.17. The van der Waals surface area contributed by atoms with Crippen LogP contribution >= 0.6 is 11.6 Å². The van der Waals surface area contributed by atoms with Gasteiger partial charge < -0.3 is 15.3 Å². The molecule has 1 aromatic rings. The molecule has 0 amide bonds. The maximum Gasteiger partial charge on any atom is 0.307 e. The van der Waals surface area contributed by atoms with Crippen LogP contribution in [-0.4, -0.2) is 36.6 Å². The summed E-state index contributed by atoms with van der Waals surface area (Å²) in [5, 5.41) is 13.0. The fourth-order valence-electron chi connectivity index (χ4n) is 2.43. The highest BCUT2D eigenvalue weighted by atomic mass is 35.5. The number of hydrogen-bond acceptors (Lipinski definition) is 3. The summed E-state index contributed by atoms with van der Waals surface area (Å²) in [6.07, 6.45) is 0.624. The van der Waals surface area contributed by atoms with Gasteiger partial charge in [-0.2, -0.15) is 0 Å². The Labute approximate surface area is 118 Å². The van der Waals surface area contributed by atoms with E-state index in [1.807, 2.05) is 32.3 Å². The Hall–Kier alpha value is -1.10. The molecule has 0 bridgehead atoms. The molecule has 1 saturated heterocycles. The first-order valence-corrected chi connectivity index (χ1v) is 6.74. The number of carboxylic acid groups (broad SMARTS) is 1. The Morgan fingerprint density at radius 3 is 2.79 bits per heavy atom. The fraction of sp³-hybridized carbons (Fsp3) is 0.500. The van der Waals surface area contributed by atoms with Crippen molar-refractivity contribution in [2.75, 3.05) is 20.6 Å². The normalized spacial score (nSPS) is 22.9. The zero-order valence-corrected chi connectivity index (χ0v) is 11.9. The van der Waals surface area contributed by atoms with Crippen LogP contribution in [0.1, 0.15) is 23.6 Å². The van der Waals surface area contributed by atoms with Crippen LogP contribution in [0.4, 0.5) is 0 Å². The molecule has 0 aliphatic carbocycles. The van der Waals surface area contributed by atoms with Gasteiger partial charge in [-0.05, 0) is 37.7 Å². The van der Waals surface area contributed by atoms with Gasteiger partial charge in [0.1, 0.15) is 0 Å². The van der Waals surface area contributed by atoms with Gasteiger partial charge >= 0.3 is 5.97 Å². The second-order valence-electron chi connectivity index (χ2n) is 5.32. The molecule has 1 aliphatic rings. The molecular weight excluding hydrogens is 264 g/mol. The van der Waals surface area contributed by atoms with Crippen LogP contribution in [-0.2, 0) is 11.3 Å². The molecule has 0 aromatic heterocycles. The van der Waals surface area contributed by atoms with Crippen LogP contribution in [0.15, 0.2) is 18.2 Å². The molecule has 2 unspecified atom stereocenters. The summed E-state index contributed by atoms with van der Waals surface area (Å²) in [7, 11) is 4.00.